The van der Waals surface area contributed by atoms with Gasteiger partial charge in [-0.1, -0.05) is 30.3 Å². The minimum atomic E-state index is -4.34. The van der Waals surface area contributed by atoms with Crippen molar-refractivity contribution in [2.24, 2.45) is 0 Å². The Labute approximate surface area is 195 Å². The van der Waals surface area contributed by atoms with Crippen molar-refractivity contribution in [2.45, 2.75) is 31.6 Å². The fourth-order valence-electron chi connectivity index (χ4n) is 4.21. The van der Waals surface area contributed by atoms with E-state index >= 15 is 0 Å². The molecule has 174 valence electrons. The summed E-state index contributed by atoms with van der Waals surface area (Å²) in [6, 6.07) is 16.6. The lowest BCUT2D eigenvalue weighted by Gasteiger charge is -2.38. The van der Waals surface area contributed by atoms with E-state index in [1.54, 1.807) is 13.2 Å². The molecular formula is C25H25F3N2O2S. The number of nitrogens with zero attached hydrogens (tertiary/aromatic N) is 2. The van der Waals surface area contributed by atoms with Crippen LogP contribution < -0.4 is 9.64 Å². The van der Waals surface area contributed by atoms with Crippen LogP contribution in [0.3, 0.4) is 0 Å². The van der Waals surface area contributed by atoms with E-state index in [4.69, 9.17) is 4.74 Å². The molecule has 1 fully saturated rings. The van der Waals surface area contributed by atoms with E-state index in [1.807, 2.05) is 46.7 Å². The Hall–Kier alpha value is -2.84. The molecule has 1 saturated heterocycles. The average molecular weight is 475 g/mol. The molecule has 4 nitrogen and oxygen atoms in total. The molecule has 4 rings (SSSR count). The average Bonchev–Trinajstić information content (AvgIpc) is 3.35. The first-order valence-corrected chi connectivity index (χ1v) is 11.6. The third-order valence-corrected chi connectivity index (χ3v) is 6.72. The third kappa shape index (κ3) is 5.57. The number of amides is 1. The standard InChI is InChI=1S/C25H25F3N2O2S/c1-32-22-8-3-7-21(16-22)30(24(31)23-9-4-14-33-23)20-10-12-29(13-11-20)17-18-5-2-6-19(15-18)25(26,27)28/h2-9,14-16,20H,10-13,17H2,1H3. The molecule has 0 N–H and O–H groups in total. The van der Waals surface area contributed by atoms with E-state index in [-0.39, 0.29) is 11.9 Å². The minimum Gasteiger partial charge on any atom is -0.497 e. The maximum absolute atomic E-state index is 13.4. The number of thiophene rings is 1. The summed E-state index contributed by atoms with van der Waals surface area (Å²) >= 11 is 1.41. The third-order valence-electron chi connectivity index (χ3n) is 5.86. The predicted molar refractivity (Wildman–Crippen MR) is 124 cm³/mol. The minimum absolute atomic E-state index is 0.00975. The number of hydrogen-bond acceptors (Lipinski definition) is 4. The summed E-state index contributed by atoms with van der Waals surface area (Å²) in [6.45, 7) is 1.84. The van der Waals surface area contributed by atoms with Crippen LogP contribution >= 0.6 is 11.3 Å². The van der Waals surface area contributed by atoms with Gasteiger partial charge in [0, 0.05) is 37.4 Å². The first-order chi connectivity index (χ1) is 15.8. The Morgan fingerprint density at radius 2 is 1.85 bits per heavy atom. The fourth-order valence-corrected chi connectivity index (χ4v) is 4.87. The lowest BCUT2D eigenvalue weighted by atomic mass is 10.0. The SMILES string of the molecule is COc1cccc(N(C(=O)c2cccs2)C2CCN(Cc3cccc(C(F)(F)F)c3)CC2)c1. The van der Waals surface area contributed by atoms with Crippen LogP contribution in [0.5, 0.6) is 5.75 Å². The second-order valence-corrected chi connectivity index (χ2v) is 9.01. The number of anilines is 1. The second-order valence-electron chi connectivity index (χ2n) is 8.06. The molecule has 1 aliphatic rings. The van der Waals surface area contributed by atoms with Gasteiger partial charge in [0.25, 0.3) is 5.91 Å². The number of alkyl halides is 3. The van der Waals surface area contributed by atoms with Gasteiger partial charge >= 0.3 is 6.18 Å². The second kappa shape index (κ2) is 9.97. The number of likely N-dealkylation sites (tertiary alicyclic amines) is 1. The summed E-state index contributed by atoms with van der Waals surface area (Å²) in [5.74, 6) is 0.632. The molecule has 3 aromatic rings. The Kier molecular flexibility index (Phi) is 7.05. The number of benzene rings is 2. The van der Waals surface area contributed by atoms with Crippen LogP contribution in [0.25, 0.3) is 0 Å². The quantitative estimate of drug-likeness (QED) is 0.434. The smallest absolute Gasteiger partial charge is 0.416 e. The Morgan fingerprint density at radius 1 is 1.09 bits per heavy atom. The van der Waals surface area contributed by atoms with Gasteiger partial charge in [-0.25, -0.2) is 0 Å². The van der Waals surface area contributed by atoms with Crippen molar-refractivity contribution in [1.82, 2.24) is 4.90 Å². The molecule has 33 heavy (non-hydrogen) atoms. The molecule has 0 atom stereocenters. The lowest BCUT2D eigenvalue weighted by molar-refractivity contribution is -0.137. The molecular weight excluding hydrogens is 449 g/mol. The van der Waals surface area contributed by atoms with E-state index in [1.165, 1.54) is 23.5 Å². The summed E-state index contributed by atoms with van der Waals surface area (Å²) in [7, 11) is 1.59. The zero-order valence-electron chi connectivity index (χ0n) is 18.2. The van der Waals surface area contributed by atoms with E-state index < -0.39 is 11.7 Å². The van der Waals surface area contributed by atoms with Gasteiger partial charge in [0.15, 0.2) is 0 Å². The summed E-state index contributed by atoms with van der Waals surface area (Å²) in [4.78, 5) is 18.0. The van der Waals surface area contributed by atoms with E-state index in [0.717, 1.165) is 24.6 Å². The highest BCUT2D eigenvalue weighted by molar-refractivity contribution is 7.12. The van der Waals surface area contributed by atoms with Gasteiger partial charge < -0.3 is 9.64 Å². The maximum Gasteiger partial charge on any atom is 0.416 e. The molecule has 0 bridgehead atoms. The van der Waals surface area contributed by atoms with Crippen LogP contribution in [0.2, 0.25) is 0 Å². The van der Waals surface area contributed by atoms with Crippen molar-refractivity contribution in [3.63, 3.8) is 0 Å². The molecule has 1 amide bonds. The van der Waals surface area contributed by atoms with Crippen molar-refractivity contribution in [1.29, 1.82) is 0 Å². The van der Waals surface area contributed by atoms with Gasteiger partial charge in [0.2, 0.25) is 0 Å². The fraction of sp³-hybridized carbons (Fsp3) is 0.320. The predicted octanol–water partition coefficient (Wildman–Crippen LogP) is 6.09. The van der Waals surface area contributed by atoms with Crippen molar-refractivity contribution in [3.8, 4) is 5.75 Å². The van der Waals surface area contributed by atoms with Gasteiger partial charge in [-0.15, -0.1) is 11.3 Å². The number of methoxy groups -OCH3 is 1. The summed E-state index contributed by atoms with van der Waals surface area (Å²) < 4.78 is 44.5. The Bertz CT molecular complexity index is 1080. The van der Waals surface area contributed by atoms with Crippen molar-refractivity contribution >= 4 is 22.9 Å². The van der Waals surface area contributed by atoms with Gasteiger partial charge in [-0.2, -0.15) is 13.2 Å². The summed E-state index contributed by atoms with van der Waals surface area (Å²) in [5, 5.41) is 1.88. The van der Waals surface area contributed by atoms with Crippen molar-refractivity contribution in [3.05, 3.63) is 82.0 Å². The molecule has 0 unspecified atom stereocenters. The highest BCUT2D eigenvalue weighted by Crippen LogP contribution is 2.32. The van der Waals surface area contributed by atoms with Crippen molar-refractivity contribution < 1.29 is 22.7 Å². The first-order valence-electron chi connectivity index (χ1n) is 10.7. The van der Waals surface area contributed by atoms with Crippen LogP contribution in [0, 0.1) is 0 Å². The monoisotopic (exact) mass is 474 g/mol. The van der Waals surface area contributed by atoms with E-state index in [9.17, 15) is 18.0 Å². The molecule has 0 aliphatic carbocycles. The van der Waals surface area contributed by atoms with Gasteiger partial charge in [0.05, 0.1) is 17.6 Å². The van der Waals surface area contributed by atoms with Gasteiger partial charge in [-0.05, 0) is 48.1 Å². The number of piperidine rings is 1. The van der Waals surface area contributed by atoms with Gasteiger partial charge in [0.1, 0.15) is 5.75 Å². The topological polar surface area (TPSA) is 32.8 Å². The Balaban J connectivity index is 1.49. The van der Waals surface area contributed by atoms with Crippen LogP contribution in [-0.4, -0.2) is 37.0 Å². The van der Waals surface area contributed by atoms with Crippen molar-refractivity contribution in [2.75, 3.05) is 25.1 Å². The van der Waals surface area contributed by atoms with Crippen LogP contribution in [0.4, 0.5) is 18.9 Å². The highest BCUT2D eigenvalue weighted by Gasteiger charge is 2.32. The molecule has 0 saturated carbocycles. The zero-order valence-corrected chi connectivity index (χ0v) is 19.0. The molecule has 0 spiro atoms. The molecule has 1 aliphatic heterocycles. The molecule has 2 heterocycles. The normalized spacial score (nSPS) is 15.4. The number of hydrogen-bond donors (Lipinski definition) is 0. The van der Waals surface area contributed by atoms with Crippen LogP contribution in [-0.2, 0) is 12.7 Å². The number of carbonyl (C=O) groups excluding carboxylic acids is 1. The molecule has 1 aromatic heterocycles. The zero-order chi connectivity index (χ0) is 23.4. The summed E-state index contributed by atoms with van der Waals surface area (Å²) in [6.07, 6.45) is -2.89. The molecule has 2 aromatic carbocycles. The first kappa shape index (κ1) is 23.3. The van der Waals surface area contributed by atoms with Crippen LogP contribution in [0.1, 0.15) is 33.6 Å². The number of halogens is 3. The molecule has 8 heteroatoms. The summed E-state index contributed by atoms with van der Waals surface area (Å²) in [5.41, 5.74) is 0.798. The van der Waals surface area contributed by atoms with Crippen LogP contribution in [0.15, 0.2) is 66.0 Å². The maximum atomic E-state index is 13.4. The largest absolute Gasteiger partial charge is 0.497 e. The Morgan fingerprint density at radius 3 is 2.52 bits per heavy atom. The van der Waals surface area contributed by atoms with Gasteiger partial charge in [-0.3, -0.25) is 9.69 Å². The lowest BCUT2D eigenvalue weighted by Crippen LogP contribution is -2.47. The number of carbonyl (C=O) groups is 1. The highest BCUT2D eigenvalue weighted by atomic mass is 32.1. The number of ether oxygens (including phenoxy) is 1. The van der Waals surface area contributed by atoms with E-state index in [0.29, 0.717) is 35.8 Å². The molecule has 0 radical (unpaired) electrons. The number of rotatable bonds is 6. The van der Waals surface area contributed by atoms with E-state index in [2.05, 4.69) is 4.90 Å².